The monoisotopic (exact) mass is 240 g/mol. The first kappa shape index (κ1) is 12.9. The van der Waals surface area contributed by atoms with Crippen LogP contribution in [-0.4, -0.2) is 23.4 Å². The van der Waals surface area contributed by atoms with Crippen LogP contribution >= 0.6 is 11.8 Å². The summed E-state index contributed by atoms with van der Waals surface area (Å²) in [5.74, 6) is 0.437. The van der Waals surface area contributed by atoms with Crippen molar-refractivity contribution < 1.29 is 9.90 Å². The Hall–Kier alpha value is -1.20. The van der Waals surface area contributed by atoms with Crippen LogP contribution in [0.25, 0.3) is 0 Å². The number of nitrogen functional groups attached to an aromatic ring is 1. The number of primary amides is 1. The molecule has 1 unspecified atom stereocenters. The molecule has 88 valence electrons. The van der Waals surface area contributed by atoms with E-state index in [1.165, 1.54) is 11.8 Å². The van der Waals surface area contributed by atoms with Gasteiger partial charge in [0.25, 0.3) is 0 Å². The lowest BCUT2D eigenvalue weighted by molar-refractivity contribution is 0.0997. The Balaban J connectivity index is 2.84. The molecule has 0 heterocycles. The molecule has 0 saturated heterocycles. The molecule has 4 nitrogen and oxygen atoms in total. The van der Waals surface area contributed by atoms with Gasteiger partial charge < -0.3 is 16.6 Å². The molecule has 0 radical (unpaired) electrons. The lowest BCUT2D eigenvalue weighted by atomic mass is 10.2. The summed E-state index contributed by atoms with van der Waals surface area (Å²) in [6.07, 6.45) is 0. The highest BCUT2D eigenvalue weighted by atomic mass is 32.2. The van der Waals surface area contributed by atoms with Crippen LogP contribution in [0.1, 0.15) is 17.3 Å². The van der Waals surface area contributed by atoms with Gasteiger partial charge in [0.1, 0.15) is 0 Å². The Kier molecular flexibility index (Phi) is 4.64. The third-order valence-corrected chi connectivity index (χ3v) is 3.49. The van der Waals surface area contributed by atoms with Gasteiger partial charge in [0.15, 0.2) is 0 Å². The van der Waals surface area contributed by atoms with E-state index in [4.69, 9.17) is 16.6 Å². The first-order chi connectivity index (χ1) is 7.54. The van der Waals surface area contributed by atoms with Gasteiger partial charge in [-0.2, -0.15) is 0 Å². The average Bonchev–Trinajstić information content (AvgIpc) is 2.25. The molecule has 1 aromatic rings. The molecular weight excluding hydrogens is 224 g/mol. The third-order valence-electron chi connectivity index (χ3n) is 2.11. The Labute approximate surface area is 99.0 Å². The minimum Gasteiger partial charge on any atom is -0.399 e. The van der Waals surface area contributed by atoms with E-state index in [0.29, 0.717) is 11.3 Å². The van der Waals surface area contributed by atoms with Gasteiger partial charge in [0.05, 0.1) is 5.56 Å². The van der Waals surface area contributed by atoms with Crippen LogP contribution in [0.3, 0.4) is 0 Å². The fraction of sp³-hybridized carbons (Fsp3) is 0.364. The predicted octanol–water partition coefficient (Wildman–Crippen LogP) is 1.09. The van der Waals surface area contributed by atoms with Crippen LogP contribution in [0.5, 0.6) is 0 Å². The molecule has 1 atom stereocenters. The zero-order chi connectivity index (χ0) is 12.1. The van der Waals surface area contributed by atoms with E-state index in [0.717, 1.165) is 10.6 Å². The molecule has 0 aliphatic rings. The van der Waals surface area contributed by atoms with E-state index in [1.807, 2.05) is 6.92 Å². The number of rotatable bonds is 5. The number of aliphatic hydroxyl groups is 1. The zero-order valence-electron chi connectivity index (χ0n) is 9.14. The summed E-state index contributed by atoms with van der Waals surface area (Å²) in [5.41, 5.74) is 12.0. The number of aliphatic hydroxyl groups excluding tert-OH is 1. The van der Waals surface area contributed by atoms with Gasteiger partial charge >= 0.3 is 0 Å². The van der Waals surface area contributed by atoms with Crippen molar-refractivity contribution in [2.45, 2.75) is 11.8 Å². The molecule has 0 bridgehead atoms. The highest BCUT2D eigenvalue weighted by Gasteiger charge is 2.10. The van der Waals surface area contributed by atoms with Crippen molar-refractivity contribution in [2.75, 3.05) is 18.1 Å². The van der Waals surface area contributed by atoms with E-state index in [-0.39, 0.29) is 12.5 Å². The van der Waals surface area contributed by atoms with E-state index in [9.17, 15) is 4.79 Å². The second-order valence-corrected chi connectivity index (χ2v) is 4.78. The molecule has 0 saturated carbocycles. The number of amides is 1. The Bertz CT molecular complexity index is 382. The molecular formula is C11H16N2O2S. The summed E-state index contributed by atoms with van der Waals surface area (Å²) in [4.78, 5) is 11.9. The minimum absolute atomic E-state index is 0.126. The number of carbonyl (C=O) groups is 1. The molecule has 0 spiro atoms. The van der Waals surface area contributed by atoms with Crippen molar-refractivity contribution >= 4 is 23.4 Å². The number of thioether (sulfide) groups is 1. The first-order valence-corrected chi connectivity index (χ1v) is 5.96. The van der Waals surface area contributed by atoms with Crippen LogP contribution in [0.15, 0.2) is 23.1 Å². The number of nitrogens with two attached hydrogens (primary N) is 2. The van der Waals surface area contributed by atoms with Crippen LogP contribution in [0.2, 0.25) is 0 Å². The third kappa shape index (κ3) is 3.43. The standard InChI is InChI=1S/C11H16N2O2S/c1-7(5-14)6-16-10-4-8(12)2-3-9(10)11(13)15/h2-4,7,14H,5-6,12H2,1H3,(H2,13,15). The van der Waals surface area contributed by atoms with Gasteiger partial charge in [0, 0.05) is 22.9 Å². The second kappa shape index (κ2) is 5.77. The summed E-state index contributed by atoms with van der Waals surface area (Å²) in [7, 11) is 0. The maximum absolute atomic E-state index is 11.2. The van der Waals surface area contributed by atoms with Crippen molar-refractivity contribution in [1.82, 2.24) is 0 Å². The minimum atomic E-state index is -0.459. The maximum Gasteiger partial charge on any atom is 0.249 e. The summed E-state index contributed by atoms with van der Waals surface area (Å²) in [6.45, 7) is 2.06. The summed E-state index contributed by atoms with van der Waals surface area (Å²) >= 11 is 1.48. The highest BCUT2D eigenvalue weighted by molar-refractivity contribution is 7.99. The van der Waals surface area contributed by atoms with E-state index in [1.54, 1.807) is 18.2 Å². The SMILES string of the molecule is CC(CO)CSc1cc(N)ccc1C(N)=O. The van der Waals surface area contributed by atoms with E-state index < -0.39 is 5.91 Å². The van der Waals surface area contributed by atoms with Crippen molar-refractivity contribution in [1.29, 1.82) is 0 Å². The van der Waals surface area contributed by atoms with Crippen molar-refractivity contribution in [3.05, 3.63) is 23.8 Å². The number of hydrogen-bond donors (Lipinski definition) is 3. The fourth-order valence-electron chi connectivity index (χ4n) is 1.15. The Morgan fingerprint density at radius 3 is 2.81 bits per heavy atom. The van der Waals surface area contributed by atoms with Crippen molar-refractivity contribution in [3.63, 3.8) is 0 Å². The molecule has 0 aliphatic heterocycles. The Morgan fingerprint density at radius 2 is 2.25 bits per heavy atom. The van der Waals surface area contributed by atoms with Crippen LogP contribution in [-0.2, 0) is 0 Å². The van der Waals surface area contributed by atoms with Gasteiger partial charge in [-0.1, -0.05) is 6.92 Å². The first-order valence-electron chi connectivity index (χ1n) is 4.97. The Morgan fingerprint density at radius 1 is 1.56 bits per heavy atom. The van der Waals surface area contributed by atoms with E-state index >= 15 is 0 Å². The average molecular weight is 240 g/mol. The molecule has 0 aromatic heterocycles. The molecule has 0 fully saturated rings. The molecule has 1 amide bonds. The summed E-state index contributed by atoms with van der Waals surface area (Å²) in [6, 6.07) is 5.01. The molecule has 5 heteroatoms. The van der Waals surface area contributed by atoms with Crippen LogP contribution < -0.4 is 11.5 Å². The number of hydrogen-bond acceptors (Lipinski definition) is 4. The highest BCUT2D eigenvalue weighted by Crippen LogP contribution is 2.26. The molecule has 0 aliphatic carbocycles. The summed E-state index contributed by atoms with van der Waals surface area (Å²) < 4.78 is 0. The van der Waals surface area contributed by atoms with Gasteiger partial charge in [-0.25, -0.2) is 0 Å². The largest absolute Gasteiger partial charge is 0.399 e. The smallest absolute Gasteiger partial charge is 0.249 e. The van der Waals surface area contributed by atoms with Gasteiger partial charge in [-0.3, -0.25) is 4.79 Å². The van der Waals surface area contributed by atoms with Crippen molar-refractivity contribution in [2.24, 2.45) is 11.7 Å². The second-order valence-electron chi connectivity index (χ2n) is 3.72. The topological polar surface area (TPSA) is 89.3 Å². The van der Waals surface area contributed by atoms with Crippen LogP contribution in [0, 0.1) is 5.92 Å². The van der Waals surface area contributed by atoms with Gasteiger partial charge in [-0.15, -0.1) is 11.8 Å². The van der Waals surface area contributed by atoms with Crippen LogP contribution in [0.4, 0.5) is 5.69 Å². The lowest BCUT2D eigenvalue weighted by Crippen LogP contribution is -2.13. The molecule has 16 heavy (non-hydrogen) atoms. The predicted molar refractivity (Wildman–Crippen MR) is 66.3 cm³/mol. The number of anilines is 1. The zero-order valence-corrected chi connectivity index (χ0v) is 9.96. The summed E-state index contributed by atoms with van der Waals surface area (Å²) in [5, 5.41) is 8.92. The molecule has 5 N–H and O–H groups in total. The van der Waals surface area contributed by atoms with Gasteiger partial charge in [0.2, 0.25) is 5.91 Å². The maximum atomic E-state index is 11.2. The van der Waals surface area contributed by atoms with Gasteiger partial charge in [-0.05, 0) is 24.1 Å². The quantitative estimate of drug-likeness (QED) is 0.531. The van der Waals surface area contributed by atoms with E-state index in [2.05, 4.69) is 0 Å². The number of carbonyl (C=O) groups excluding carboxylic acids is 1. The molecule has 1 aromatic carbocycles. The normalized spacial score (nSPS) is 12.4. The fourth-order valence-corrected chi connectivity index (χ4v) is 2.26. The molecule has 1 rings (SSSR count). The lowest BCUT2D eigenvalue weighted by Gasteiger charge is -2.10. The number of benzene rings is 1. The van der Waals surface area contributed by atoms with Crippen molar-refractivity contribution in [3.8, 4) is 0 Å².